The molecule has 1 aliphatic carbocycles. The van der Waals surface area contributed by atoms with Crippen LogP contribution in [0.15, 0.2) is 24.3 Å². The van der Waals surface area contributed by atoms with Gasteiger partial charge in [-0.25, -0.2) is 0 Å². The molecule has 16 heavy (non-hydrogen) atoms. The molecule has 1 aliphatic rings. The molecular weight excluding hydrogens is 216 g/mol. The monoisotopic (exact) mass is 236 g/mol. The van der Waals surface area contributed by atoms with Crippen LogP contribution in [0.4, 0.5) is 0 Å². The molecule has 0 aliphatic heterocycles. The summed E-state index contributed by atoms with van der Waals surface area (Å²) in [4.78, 5) is 0. The average Bonchev–Trinajstić information content (AvgIpc) is 2.30. The van der Waals surface area contributed by atoms with Gasteiger partial charge in [0.15, 0.2) is 0 Å². The zero-order chi connectivity index (χ0) is 11.4. The molecule has 0 heterocycles. The number of rotatable bonds is 3. The molecule has 0 atom stereocenters. The van der Waals surface area contributed by atoms with Gasteiger partial charge in [0.05, 0.1) is 0 Å². The van der Waals surface area contributed by atoms with E-state index < -0.39 is 0 Å². The van der Waals surface area contributed by atoms with Gasteiger partial charge in [-0.05, 0) is 37.2 Å². The van der Waals surface area contributed by atoms with Crippen LogP contribution >= 0.6 is 11.6 Å². The molecule has 1 heteroatoms. The van der Waals surface area contributed by atoms with Crippen molar-refractivity contribution in [2.24, 2.45) is 5.41 Å². The summed E-state index contributed by atoms with van der Waals surface area (Å²) in [5, 5.41) is 0. The smallest absolute Gasteiger partial charge is 0.0283 e. The highest BCUT2D eigenvalue weighted by Crippen LogP contribution is 2.40. The maximum atomic E-state index is 6.23. The van der Waals surface area contributed by atoms with Crippen molar-refractivity contribution in [1.29, 1.82) is 0 Å². The second kappa shape index (κ2) is 5.23. The Labute approximate surface area is 104 Å². The van der Waals surface area contributed by atoms with E-state index in [1.807, 2.05) is 0 Å². The molecular formula is C15H21Cl. The fourth-order valence-corrected chi connectivity index (χ4v) is 3.28. The summed E-state index contributed by atoms with van der Waals surface area (Å²) in [6.07, 6.45) is 7.90. The largest absolute Gasteiger partial charge is 0.126 e. The number of hydrogen-bond donors (Lipinski definition) is 0. The Kier molecular flexibility index (Phi) is 3.91. The molecule has 0 saturated heterocycles. The van der Waals surface area contributed by atoms with Crippen LogP contribution in [0.25, 0.3) is 0 Å². The molecule has 0 nitrogen and oxygen atoms in total. The first-order valence-electron chi connectivity index (χ1n) is 6.36. The molecule has 0 radical (unpaired) electrons. The second-order valence-electron chi connectivity index (χ2n) is 5.36. The molecule has 1 fully saturated rings. The minimum absolute atomic E-state index is 0.383. The topological polar surface area (TPSA) is 0 Å². The summed E-state index contributed by atoms with van der Waals surface area (Å²) < 4.78 is 0. The van der Waals surface area contributed by atoms with Gasteiger partial charge >= 0.3 is 0 Å². The molecule has 0 N–H and O–H groups in total. The number of benzene rings is 1. The van der Waals surface area contributed by atoms with E-state index in [1.165, 1.54) is 43.2 Å². The van der Waals surface area contributed by atoms with Crippen LogP contribution in [0.2, 0.25) is 0 Å². The lowest BCUT2D eigenvalue weighted by Crippen LogP contribution is -2.28. The first kappa shape index (κ1) is 12.0. The van der Waals surface area contributed by atoms with Crippen molar-refractivity contribution in [1.82, 2.24) is 0 Å². The predicted octanol–water partition coefficient (Wildman–Crippen LogP) is 4.73. The van der Waals surface area contributed by atoms with Crippen molar-refractivity contribution in [3.05, 3.63) is 35.4 Å². The van der Waals surface area contributed by atoms with Crippen LogP contribution in [0, 0.1) is 12.3 Å². The van der Waals surface area contributed by atoms with Crippen molar-refractivity contribution in [2.75, 3.05) is 5.88 Å². The summed E-state index contributed by atoms with van der Waals surface area (Å²) in [7, 11) is 0. The summed E-state index contributed by atoms with van der Waals surface area (Å²) >= 11 is 6.23. The third kappa shape index (κ3) is 2.79. The second-order valence-corrected chi connectivity index (χ2v) is 5.63. The molecule has 1 aromatic rings. The lowest BCUT2D eigenvalue weighted by molar-refractivity contribution is 0.219. The highest BCUT2D eigenvalue weighted by Gasteiger charge is 2.31. The van der Waals surface area contributed by atoms with Crippen molar-refractivity contribution >= 4 is 11.6 Å². The van der Waals surface area contributed by atoms with E-state index in [2.05, 4.69) is 31.2 Å². The molecule has 0 unspecified atom stereocenters. The fraction of sp³-hybridized carbons (Fsp3) is 0.600. The fourth-order valence-electron chi connectivity index (χ4n) is 2.91. The van der Waals surface area contributed by atoms with E-state index in [9.17, 15) is 0 Å². The Morgan fingerprint density at radius 3 is 2.56 bits per heavy atom. The summed E-state index contributed by atoms with van der Waals surface area (Å²) in [5.41, 5.74) is 3.20. The number of aryl methyl sites for hydroxylation is 1. The summed E-state index contributed by atoms with van der Waals surface area (Å²) in [6, 6.07) is 8.88. The number of halogens is 1. The maximum absolute atomic E-state index is 6.23. The van der Waals surface area contributed by atoms with Crippen molar-refractivity contribution in [3.8, 4) is 0 Å². The van der Waals surface area contributed by atoms with Crippen molar-refractivity contribution < 1.29 is 0 Å². The zero-order valence-electron chi connectivity index (χ0n) is 10.1. The van der Waals surface area contributed by atoms with Crippen molar-refractivity contribution in [3.63, 3.8) is 0 Å². The average molecular weight is 237 g/mol. The maximum Gasteiger partial charge on any atom is 0.0283 e. The lowest BCUT2D eigenvalue weighted by Gasteiger charge is -2.35. The predicted molar refractivity (Wildman–Crippen MR) is 71.1 cm³/mol. The highest BCUT2D eigenvalue weighted by atomic mass is 35.5. The van der Waals surface area contributed by atoms with Crippen LogP contribution in [-0.2, 0) is 6.42 Å². The Morgan fingerprint density at radius 2 is 1.94 bits per heavy atom. The normalized spacial score (nSPS) is 19.6. The van der Waals surface area contributed by atoms with E-state index in [0.29, 0.717) is 5.41 Å². The zero-order valence-corrected chi connectivity index (χ0v) is 10.9. The van der Waals surface area contributed by atoms with Gasteiger partial charge in [0, 0.05) is 5.88 Å². The van der Waals surface area contributed by atoms with E-state index >= 15 is 0 Å². The molecule has 0 amide bonds. The van der Waals surface area contributed by atoms with Gasteiger partial charge in [-0.3, -0.25) is 0 Å². The Morgan fingerprint density at radius 1 is 1.19 bits per heavy atom. The van der Waals surface area contributed by atoms with E-state index in [4.69, 9.17) is 11.6 Å². The standard InChI is InChI=1S/C15H21Cl/c1-13-6-5-7-14(10-13)11-15(12-16)8-3-2-4-9-15/h5-7,10H,2-4,8-9,11-12H2,1H3. The minimum Gasteiger partial charge on any atom is -0.126 e. The number of alkyl halides is 1. The SMILES string of the molecule is Cc1cccc(CC2(CCl)CCCCC2)c1. The third-order valence-electron chi connectivity index (χ3n) is 3.86. The minimum atomic E-state index is 0.383. The summed E-state index contributed by atoms with van der Waals surface area (Å²) in [5.74, 6) is 0.820. The van der Waals surface area contributed by atoms with Gasteiger partial charge in [0.2, 0.25) is 0 Å². The molecule has 1 saturated carbocycles. The first-order valence-corrected chi connectivity index (χ1v) is 6.89. The van der Waals surface area contributed by atoms with Gasteiger partial charge in [-0.1, -0.05) is 49.1 Å². The molecule has 2 rings (SSSR count). The van der Waals surface area contributed by atoms with Crippen LogP contribution in [0.5, 0.6) is 0 Å². The third-order valence-corrected chi connectivity index (χ3v) is 4.43. The van der Waals surface area contributed by atoms with Gasteiger partial charge < -0.3 is 0 Å². The van der Waals surface area contributed by atoms with Gasteiger partial charge in [0.25, 0.3) is 0 Å². The van der Waals surface area contributed by atoms with Gasteiger partial charge in [-0.15, -0.1) is 11.6 Å². The van der Waals surface area contributed by atoms with Crippen LogP contribution < -0.4 is 0 Å². The molecule has 0 bridgehead atoms. The van der Waals surface area contributed by atoms with Gasteiger partial charge in [0.1, 0.15) is 0 Å². The first-order chi connectivity index (χ1) is 7.74. The Hall–Kier alpha value is -0.490. The quantitative estimate of drug-likeness (QED) is 0.666. The van der Waals surface area contributed by atoms with Crippen molar-refractivity contribution in [2.45, 2.75) is 45.4 Å². The van der Waals surface area contributed by atoms with E-state index in [1.54, 1.807) is 0 Å². The Balaban J connectivity index is 2.11. The lowest BCUT2D eigenvalue weighted by atomic mass is 9.72. The highest BCUT2D eigenvalue weighted by molar-refractivity contribution is 6.18. The van der Waals surface area contributed by atoms with Crippen LogP contribution in [0.1, 0.15) is 43.2 Å². The van der Waals surface area contributed by atoms with Crippen LogP contribution in [-0.4, -0.2) is 5.88 Å². The number of hydrogen-bond acceptors (Lipinski definition) is 0. The molecule has 0 spiro atoms. The summed E-state index contributed by atoms with van der Waals surface area (Å²) in [6.45, 7) is 2.16. The molecule has 88 valence electrons. The van der Waals surface area contributed by atoms with Gasteiger partial charge in [-0.2, -0.15) is 0 Å². The molecule has 1 aromatic carbocycles. The van der Waals surface area contributed by atoms with E-state index in [0.717, 1.165) is 12.3 Å². The Bertz CT molecular complexity index is 337. The van der Waals surface area contributed by atoms with Crippen LogP contribution in [0.3, 0.4) is 0 Å². The van der Waals surface area contributed by atoms with E-state index in [-0.39, 0.29) is 0 Å². The molecule has 0 aromatic heterocycles.